The Labute approximate surface area is 99.6 Å². The molecule has 1 saturated heterocycles. The molecule has 2 aliphatic rings. The Kier molecular flexibility index (Phi) is 5.09. The number of hydrogen-bond donors (Lipinski definition) is 1. The molecule has 1 N–H and O–H groups in total. The number of hydrogen-bond acceptors (Lipinski definition) is 2. The number of nitrogens with one attached hydrogen (secondary N) is 1. The van der Waals surface area contributed by atoms with Gasteiger partial charge in [-0.15, -0.1) is 0 Å². The van der Waals surface area contributed by atoms with Crippen molar-refractivity contribution in [2.45, 2.75) is 51.1 Å². The van der Waals surface area contributed by atoms with Crippen molar-refractivity contribution in [3.63, 3.8) is 0 Å². The molecule has 2 atom stereocenters. The predicted octanol–water partition coefficient (Wildman–Crippen LogP) is -0.0369. The first-order valence-electron chi connectivity index (χ1n) is 6.70. The van der Waals surface area contributed by atoms with E-state index in [2.05, 4.69) is 11.9 Å². The highest BCUT2D eigenvalue weighted by molar-refractivity contribution is 7.34. The van der Waals surface area contributed by atoms with E-state index in [0.717, 1.165) is 18.6 Å². The first-order chi connectivity index (χ1) is 7.36. The summed E-state index contributed by atoms with van der Waals surface area (Å²) in [5.41, 5.74) is 0. The monoisotopic (exact) mass is 259 g/mol. The van der Waals surface area contributed by atoms with Crippen molar-refractivity contribution < 1.29 is 4.43 Å². The van der Waals surface area contributed by atoms with Gasteiger partial charge in [-0.25, -0.2) is 0 Å². The quantitative estimate of drug-likeness (QED) is 0.719. The molecule has 5 heteroatoms. The van der Waals surface area contributed by atoms with Gasteiger partial charge in [0.1, 0.15) is 9.28 Å². The van der Waals surface area contributed by atoms with Gasteiger partial charge in [0.05, 0.1) is 17.0 Å². The van der Waals surface area contributed by atoms with Gasteiger partial charge in [-0.1, -0.05) is 26.2 Å². The third-order valence-electron chi connectivity index (χ3n) is 4.08. The fraction of sp³-hybridized carbons (Fsp3) is 1.00. The Balaban J connectivity index is 1.72. The second-order valence-electron chi connectivity index (χ2n) is 5.24. The summed E-state index contributed by atoms with van der Waals surface area (Å²) < 4.78 is 5.62. The van der Waals surface area contributed by atoms with Crippen molar-refractivity contribution in [1.29, 1.82) is 0 Å². The lowest BCUT2D eigenvalue weighted by atomic mass is 9.85. The van der Waals surface area contributed by atoms with Crippen LogP contribution in [0, 0.1) is 5.92 Å². The van der Waals surface area contributed by atoms with Crippen molar-refractivity contribution in [2.24, 2.45) is 5.92 Å². The lowest BCUT2D eigenvalue weighted by molar-refractivity contribution is 0.302. The van der Waals surface area contributed by atoms with Gasteiger partial charge in [-0.2, -0.15) is 0 Å². The maximum Gasteiger partial charge on any atom is 0.142 e. The molecule has 0 spiro atoms. The molecule has 0 aromatic carbocycles. The molecule has 1 heterocycles. The lowest BCUT2D eigenvalue weighted by Crippen LogP contribution is -2.52. The highest BCUT2D eigenvalue weighted by Crippen LogP contribution is 2.26. The first-order valence-corrected chi connectivity index (χ1v) is 15.9. The predicted molar refractivity (Wildman–Crippen MR) is 74.2 cm³/mol. The van der Waals surface area contributed by atoms with E-state index in [1.165, 1.54) is 38.1 Å². The Hall–Kier alpha value is 0.571. The van der Waals surface area contributed by atoms with Crippen LogP contribution in [0.4, 0.5) is 0 Å². The molecule has 0 aromatic heterocycles. The van der Waals surface area contributed by atoms with Gasteiger partial charge < -0.3 is 9.41 Å². The Morgan fingerprint density at radius 3 is 2.80 bits per heavy atom. The highest BCUT2D eigenvalue weighted by atomic mass is 29.6. The molecule has 2 nitrogen and oxygen atoms in total. The van der Waals surface area contributed by atoms with Crippen LogP contribution in [0.2, 0.25) is 6.04 Å². The molecule has 1 aliphatic carbocycles. The van der Waals surface area contributed by atoms with Crippen LogP contribution in [0.5, 0.6) is 0 Å². The fourth-order valence-electron chi connectivity index (χ4n) is 3.01. The third kappa shape index (κ3) is 3.81. The molecule has 0 radical (unpaired) electrons. The molecule has 2 fully saturated rings. The summed E-state index contributed by atoms with van der Waals surface area (Å²) in [7, 11) is -0.113. The molecular formula is C10H25NOSi3. The van der Waals surface area contributed by atoms with E-state index in [1.54, 1.807) is 0 Å². The zero-order chi connectivity index (χ0) is 10.5. The summed E-state index contributed by atoms with van der Waals surface area (Å²) in [6.07, 6.45) is 7.44. The second kappa shape index (κ2) is 6.34. The van der Waals surface area contributed by atoms with Gasteiger partial charge in [-0.05, 0) is 30.8 Å². The standard InChI is InChI=1S/C10H25NOSi3/c1-9(10-5-3-2-4-6-10)11-15-8-7-12-13-14-15/h9-11,15H,2-8,13-14H2,1H3. The summed E-state index contributed by atoms with van der Waals surface area (Å²) in [6, 6.07) is 2.28. The van der Waals surface area contributed by atoms with Crippen LogP contribution >= 0.6 is 0 Å². The van der Waals surface area contributed by atoms with Crippen molar-refractivity contribution >= 4 is 26.3 Å². The normalized spacial score (nSPS) is 34.6. The van der Waals surface area contributed by atoms with E-state index < -0.39 is 8.48 Å². The van der Waals surface area contributed by atoms with Crippen LogP contribution in [0.15, 0.2) is 0 Å². The topological polar surface area (TPSA) is 21.3 Å². The van der Waals surface area contributed by atoms with E-state index in [0.29, 0.717) is 0 Å². The molecular weight excluding hydrogens is 234 g/mol. The van der Waals surface area contributed by atoms with E-state index >= 15 is 0 Å². The van der Waals surface area contributed by atoms with Crippen LogP contribution in [-0.2, 0) is 4.43 Å². The average Bonchev–Trinajstić information content (AvgIpc) is 2.31. The lowest BCUT2D eigenvalue weighted by Gasteiger charge is -2.32. The van der Waals surface area contributed by atoms with Gasteiger partial charge in [0.2, 0.25) is 0 Å². The van der Waals surface area contributed by atoms with Gasteiger partial charge in [0, 0.05) is 6.61 Å². The Bertz CT molecular complexity index is 182. The zero-order valence-corrected chi connectivity index (χ0v) is 14.0. The molecule has 0 amide bonds. The van der Waals surface area contributed by atoms with Crippen molar-refractivity contribution in [2.75, 3.05) is 6.61 Å². The maximum atomic E-state index is 5.62. The molecule has 88 valence electrons. The van der Waals surface area contributed by atoms with Crippen LogP contribution in [0.3, 0.4) is 0 Å². The van der Waals surface area contributed by atoms with Crippen LogP contribution in [0.25, 0.3) is 0 Å². The van der Waals surface area contributed by atoms with Gasteiger partial charge >= 0.3 is 0 Å². The van der Waals surface area contributed by atoms with Crippen LogP contribution in [-0.4, -0.2) is 39.0 Å². The van der Waals surface area contributed by atoms with Crippen molar-refractivity contribution in [3.8, 4) is 0 Å². The van der Waals surface area contributed by atoms with Crippen molar-refractivity contribution in [3.05, 3.63) is 0 Å². The minimum absolute atomic E-state index is 0.0278. The third-order valence-corrected chi connectivity index (χ3v) is 21.5. The largest absolute Gasteiger partial charge is 0.428 e. The molecule has 0 aromatic rings. The van der Waals surface area contributed by atoms with Crippen LogP contribution < -0.4 is 4.98 Å². The maximum absolute atomic E-state index is 5.62. The fourth-order valence-corrected chi connectivity index (χ4v) is 19.4. The Morgan fingerprint density at radius 1 is 1.33 bits per heavy atom. The zero-order valence-electron chi connectivity index (χ0n) is 10.0. The molecule has 1 saturated carbocycles. The molecule has 2 rings (SSSR count). The summed E-state index contributed by atoms with van der Waals surface area (Å²) in [4.78, 5) is 4.04. The molecule has 0 bridgehead atoms. The van der Waals surface area contributed by atoms with E-state index in [9.17, 15) is 0 Å². The van der Waals surface area contributed by atoms with Gasteiger partial charge in [0.25, 0.3) is 0 Å². The minimum atomic E-state index is -0.429. The van der Waals surface area contributed by atoms with Crippen molar-refractivity contribution in [1.82, 2.24) is 4.98 Å². The smallest absolute Gasteiger partial charge is 0.142 e. The first kappa shape index (κ1) is 12.0. The highest BCUT2D eigenvalue weighted by Gasteiger charge is 2.24. The SMILES string of the molecule is CC(N[SiH]1CCO[SiH2][SiH2]1)C1CCCCC1. The van der Waals surface area contributed by atoms with E-state index in [4.69, 9.17) is 4.43 Å². The van der Waals surface area contributed by atoms with E-state index in [1.807, 2.05) is 0 Å². The number of rotatable bonds is 3. The summed E-state index contributed by atoms with van der Waals surface area (Å²) in [6.45, 7) is 3.56. The van der Waals surface area contributed by atoms with Crippen LogP contribution in [0.1, 0.15) is 39.0 Å². The minimum Gasteiger partial charge on any atom is -0.428 e. The Morgan fingerprint density at radius 2 is 2.13 bits per heavy atom. The molecule has 1 aliphatic heterocycles. The summed E-state index contributed by atoms with van der Waals surface area (Å²) >= 11 is 0. The summed E-state index contributed by atoms with van der Waals surface area (Å²) in [5, 5.41) is 0. The second-order valence-corrected chi connectivity index (χ2v) is 20.0. The van der Waals surface area contributed by atoms with Gasteiger partial charge in [0.15, 0.2) is 0 Å². The van der Waals surface area contributed by atoms with Gasteiger partial charge in [-0.3, -0.25) is 0 Å². The molecule has 2 unspecified atom stereocenters. The summed E-state index contributed by atoms with van der Waals surface area (Å²) in [5.74, 6) is 1.00. The molecule has 15 heavy (non-hydrogen) atoms. The van der Waals surface area contributed by atoms with E-state index in [-0.39, 0.29) is 17.8 Å². The average molecular weight is 260 g/mol.